The van der Waals surface area contributed by atoms with Crippen LogP contribution in [0.4, 0.5) is 0 Å². The summed E-state index contributed by atoms with van der Waals surface area (Å²) < 4.78 is 94.6. The second-order valence-corrected chi connectivity index (χ2v) is 30.1. The van der Waals surface area contributed by atoms with Gasteiger partial charge < -0.3 is 189 Å². The minimum Gasteiger partial charge on any atom is -0.394 e. The number of thiol groups is 2. The lowest BCUT2D eigenvalue weighted by atomic mass is 9.95. The van der Waals surface area contributed by atoms with Gasteiger partial charge in [0.1, 0.15) is 170 Å². The zero-order valence-corrected chi connectivity index (χ0v) is 62.8. The number of ketones is 2. The van der Waals surface area contributed by atoms with Crippen molar-refractivity contribution < 1.29 is 192 Å². The second kappa shape index (κ2) is 44.7. The van der Waals surface area contributed by atoms with E-state index in [1.807, 2.05) is 0 Å². The molecular weight excluding hydrogens is 1550 g/mol. The summed E-state index contributed by atoms with van der Waals surface area (Å²) in [5.41, 5.74) is 0. The van der Waals surface area contributed by atoms with E-state index in [-0.39, 0.29) is 93.3 Å². The molecule has 0 aromatic rings. The van der Waals surface area contributed by atoms with Gasteiger partial charge in [0.05, 0.1) is 83.6 Å². The summed E-state index contributed by atoms with van der Waals surface area (Å²) in [7, 11) is 1.50. The van der Waals surface area contributed by atoms with Crippen molar-refractivity contribution >= 4 is 72.2 Å². The lowest BCUT2D eigenvalue weighted by molar-refractivity contribution is -0.395. The second-order valence-electron chi connectivity index (χ2n) is 27.1. The minimum absolute atomic E-state index is 0.0103. The van der Waals surface area contributed by atoms with Crippen LogP contribution < -0.4 is 16.0 Å². The van der Waals surface area contributed by atoms with Gasteiger partial charge in [-0.1, -0.05) is 0 Å². The van der Waals surface area contributed by atoms with E-state index in [4.69, 9.17) is 75.8 Å². The quantitative estimate of drug-likeness (QED) is 0.0226. The summed E-state index contributed by atoms with van der Waals surface area (Å²) in [6, 6.07) is -0.860. The molecule has 2 amide bonds. The van der Waals surface area contributed by atoms with Crippen molar-refractivity contribution in [2.24, 2.45) is 5.92 Å². The number of carbonyl (C=O) groups excluding carboxylic acids is 4. The van der Waals surface area contributed by atoms with E-state index < -0.39 is 278 Å². The van der Waals surface area contributed by atoms with Crippen molar-refractivity contribution in [1.29, 1.82) is 0 Å². The molecule has 0 aliphatic carbocycles. The average molecular weight is 1660 g/mol. The van der Waals surface area contributed by atoms with E-state index in [1.54, 1.807) is 0 Å². The highest BCUT2D eigenvalue weighted by Crippen LogP contribution is 2.40. The molecule has 0 saturated carbocycles. The first-order valence-corrected chi connectivity index (χ1v) is 39.2. The number of thioether (sulfide) groups is 2. The number of aliphatic hydroxyl groups is 19. The fraction of sp³-hybridized carbons (Fsp3) is 0.937. The smallest absolute Gasteiger partial charge is 0.238 e. The molecule has 21 saturated heterocycles. The number of ether oxygens (including phenoxy) is 16. The minimum atomic E-state index is -2.29. The molecule has 42 nitrogen and oxygen atoms in total. The Kier molecular flexibility index (Phi) is 38.0. The van der Waals surface area contributed by atoms with E-state index in [1.165, 1.54) is 14.0 Å². The predicted molar refractivity (Wildman–Crippen MR) is 370 cm³/mol. The van der Waals surface area contributed by atoms with Crippen LogP contribution in [0.25, 0.3) is 0 Å². The van der Waals surface area contributed by atoms with Gasteiger partial charge in [-0.25, -0.2) is 0 Å². The predicted octanol–water partition coefficient (Wildman–Crippen LogP) is -13.1. The van der Waals surface area contributed by atoms with Gasteiger partial charge in [0, 0.05) is 66.9 Å². The Morgan fingerprint density at radius 1 is 0.367 bits per heavy atom. The molecule has 109 heavy (non-hydrogen) atoms. The third-order valence-corrected chi connectivity index (χ3v) is 22.2. The average Bonchev–Trinajstić information content (AvgIpc) is 0.804. The van der Waals surface area contributed by atoms with Crippen LogP contribution in [-0.2, 0) is 95.0 Å². The Morgan fingerprint density at radius 3 is 0.908 bits per heavy atom. The number of aliphatic hydroxyl groups excluding tert-OH is 19. The maximum Gasteiger partial charge on any atom is 0.238 e. The summed E-state index contributed by atoms with van der Waals surface area (Å²) in [6.07, 6.45) is -72.0. The number of hydrogen-bond donors (Lipinski definition) is 24. The van der Waals surface area contributed by atoms with Crippen molar-refractivity contribution in [1.82, 2.24) is 16.0 Å². The van der Waals surface area contributed by atoms with E-state index >= 15 is 0 Å². The Bertz CT molecular complexity index is 2740. The lowest BCUT2D eigenvalue weighted by Crippen LogP contribution is -2.68. The van der Waals surface area contributed by atoms with Crippen molar-refractivity contribution in [2.75, 3.05) is 114 Å². The highest BCUT2D eigenvalue weighted by Gasteiger charge is 2.60. The van der Waals surface area contributed by atoms with Crippen LogP contribution in [-0.4, -0.2) is 456 Å². The first kappa shape index (κ1) is 92.7. The Morgan fingerprint density at radius 2 is 0.633 bits per heavy atom. The number of carbonyl (C=O) groups is 4. The molecule has 14 unspecified atom stereocenters. The van der Waals surface area contributed by atoms with Crippen LogP contribution in [0.3, 0.4) is 0 Å². The standard InChI is InChI=1S/C63H107N3O39S4/c1-23(72)3-7-90-9-10-91-8-4-25(73)13-24(55(88)65-5-11-106)19-108-21-32-53-39(79)46(86)62(97-32)102-51-30(17-70)93-59(42(82)35(51)75)101-50-29(16-69)96-61(45(85)38(50)78)105-54-33(22-109-20-26(64-2)56(89)66-6-12-107)98-63(47(87)40(54)80)103-52-31(18-71)94-58(43(83)36(52)76)99-48-27(14-67)92-57(41(81)34(48)74)100-49-28(15-68)95-60(104-53)44(84)37(49)77/h24,26-54,57-64,67-71,74-87,106-107H,3-22H2,1-2H3,(H,65,88)(H,66,89)/t24-,26-,27?,28?,29?,30?,31?,32?,33?,34-,35-,36-,37-,38-,39-,40-,41?,42?,43?,44?,45?,46?,47?,48-,49-,50-,51-,52-,53-,54-,57-,58-,59+,60+,61+,62-,63+/m1/s1. The van der Waals surface area contributed by atoms with Gasteiger partial charge in [-0.05, 0) is 14.0 Å². The van der Waals surface area contributed by atoms with Crippen molar-refractivity contribution in [3.05, 3.63) is 0 Å². The lowest BCUT2D eigenvalue weighted by Gasteiger charge is -2.50. The SMILES string of the molecule is CN[C@H](CSCC1O[C@H]2O[C@@H]3C(CO)O[C@H](O[C@@H]4C(CO)O[C@H](O[C@@H]5C(CO)O[C@@H](O[C@@H]6C(CSC[C@@H](CC(=O)CCOCCOCCC(C)=O)C(=O)NCCS)O[C@H](O[C@@H]7C(CO)O[C@@H](O[C@@H]8C(CO)O[C@@H](O[C@H]1[C@H](O)C2O)C(O)[C@H]8O)C(O)[C@H]7O)C(O)[C@H]6O)C(O)[C@H]5O)C(O)[C@H]4O)C(O)[C@H]3O)C(=O)NCCS. The van der Waals surface area contributed by atoms with Gasteiger partial charge in [-0.15, -0.1) is 0 Å². The van der Waals surface area contributed by atoms with Crippen LogP contribution in [0.1, 0.15) is 26.2 Å². The van der Waals surface area contributed by atoms with Crippen LogP contribution in [0, 0.1) is 5.92 Å². The summed E-state index contributed by atoms with van der Waals surface area (Å²) in [5.74, 6) is -2.89. The molecule has 632 valence electrons. The molecule has 21 rings (SSSR count). The topological polar surface area (TPSA) is 636 Å². The fourth-order valence-electron chi connectivity index (χ4n) is 13.3. The van der Waals surface area contributed by atoms with Crippen LogP contribution in [0.15, 0.2) is 0 Å². The Hall–Kier alpha value is -1.76. The maximum atomic E-state index is 13.7. The number of amides is 2. The molecule has 21 heterocycles. The summed E-state index contributed by atoms with van der Waals surface area (Å²) >= 11 is 10.2. The van der Waals surface area contributed by atoms with Crippen LogP contribution in [0.5, 0.6) is 0 Å². The van der Waals surface area contributed by atoms with Gasteiger partial charge >= 0.3 is 0 Å². The van der Waals surface area contributed by atoms with Gasteiger partial charge in [0.25, 0.3) is 0 Å². The zero-order valence-electron chi connectivity index (χ0n) is 59.4. The fourth-order valence-corrected chi connectivity index (χ4v) is 15.9. The molecule has 46 heteroatoms. The van der Waals surface area contributed by atoms with Gasteiger partial charge in [-0.3, -0.25) is 19.2 Å². The molecule has 0 aromatic heterocycles. The number of nitrogens with one attached hydrogen (secondary N) is 3. The normalized spacial score (nSPS) is 43.0. The summed E-state index contributed by atoms with van der Waals surface area (Å²) in [4.78, 5) is 51.3. The highest BCUT2D eigenvalue weighted by molar-refractivity contribution is 7.99. The van der Waals surface area contributed by atoms with Crippen LogP contribution in [0.2, 0.25) is 0 Å². The molecule has 37 atom stereocenters. The third-order valence-electron chi connectivity index (χ3n) is 19.4. The maximum absolute atomic E-state index is 13.7. The number of hydrogen-bond acceptors (Lipinski definition) is 44. The first-order chi connectivity index (χ1) is 52.1. The van der Waals surface area contributed by atoms with Crippen LogP contribution >= 0.6 is 48.8 Å². The molecule has 0 radical (unpaired) electrons. The van der Waals surface area contributed by atoms with Gasteiger partial charge in [-0.2, -0.15) is 48.8 Å². The molecule has 14 bridgehead atoms. The summed E-state index contributed by atoms with van der Waals surface area (Å²) in [5, 5.41) is 227. The van der Waals surface area contributed by atoms with Gasteiger partial charge in [0.2, 0.25) is 11.8 Å². The third kappa shape index (κ3) is 23.6. The largest absolute Gasteiger partial charge is 0.394 e. The Labute approximate surface area is 644 Å². The highest BCUT2D eigenvalue weighted by atomic mass is 32.2. The van der Waals surface area contributed by atoms with E-state index in [0.29, 0.717) is 5.75 Å². The number of likely N-dealkylation sites (N-methyl/N-ethyl adjacent to an activating group) is 1. The number of rotatable bonds is 31. The molecular formula is C63H107N3O39S4. The van der Waals surface area contributed by atoms with Crippen molar-refractivity contribution in [3.63, 3.8) is 0 Å². The summed E-state index contributed by atoms with van der Waals surface area (Å²) in [6.45, 7) is -3.37. The van der Waals surface area contributed by atoms with E-state index in [2.05, 4.69) is 41.2 Å². The van der Waals surface area contributed by atoms with Gasteiger partial charge in [0.15, 0.2) is 44.0 Å². The molecule has 21 aliphatic heterocycles. The Balaban J connectivity index is 1.09. The first-order valence-electron chi connectivity index (χ1n) is 35.6. The van der Waals surface area contributed by atoms with Crippen molar-refractivity contribution in [2.45, 2.75) is 247 Å². The number of Topliss-reactive ketones (excluding diaryl/α,β-unsaturated/α-hetero) is 2. The van der Waals surface area contributed by atoms with E-state index in [9.17, 15) is 116 Å². The monoisotopic (exact) mass is 1660 g/mol. The van der Waals surface area contributed by atoms with E-state index in [0.717, 1.165) is 23.5 Å². The zero-order chi connectivity index (χ0) is 79.7. The molecule has 0 spiro atoms. The molecule has 21 fully saturated rings. The molecule has 21 aliphatic rings. The molecule has 22 N–H and O–H groups in total. The van der Waals surface area contributed by atoms with Crippen molar-refractivity contribution in [3.8, 4) is 0 Å². The molecule has 0 aromatic carbocycles.